The molecule has 0 radical (unpaired) electrons. The molecule has 2 aliphatic rings. The molecule has 284 valence electrons. The van der Waals surface area contributed by atoms with Crippen molar-refractivity contribution in [1.82, 2.24) is 20.6 Å². The predicted molar refractivity (Wildman–Crippen MR) is 226 cm³/mol. The zero-order valence-electron chi connectivity index (χ0n) is 33.9. The fourth-order valence-corrected chi connectivity index (χ4v) is 7.77. The molecule has 4 heterocycles. The van der Waals surface area contributed by atoms with E-state index < -0.39 is 0 Å². The SMILES string of the molecule is CC1=N/C(=C\c2[nH]c(C)c(CC(=O)N[C@H](C)c3ccccc3)c2C)C(C)=C1CC1=C(C)/C(=C/c2[nH]c(C)c(CC(=O)N[C@H](C)c3ccccc3)c2C)N=C1C. The van der Waals surface area contributed by atoms with Gasteiger partial charge in [-0.25, -0.2) is 0 Å². The molecular weight excluding hydrogens is 681 g/mol. The fourth-order valence-electron chi connectivity index (χ4n) is 7.77. The Kier molecular flexibility index (Phi) is 11.6. The van der Waals surface area contributed by atoms with E-state index in [4.69, 9.17) is 9.98 Å². The Hall–Kier alpha value is -5.76. The lowest BCUT2D eigenvalue weighted by Gasteiger charge is -2.14. The van der Waals surface area contributed by atoms with E-state index in [2.05, 4.69) is 74.3 Å². The van der Waals surface area contributed by atoms with Gasteiger partial charge in [0.15, 0.2) is 0 Å². The van der Waals surface area contributed by atoms with Gasteiger partial charge >= 0.3 is 0 Å². The van der Waals surface area contributed by atoms with E-state index in [-0.39, 0.29) is 23.9 Å². The van der Waals surface area contributed by atoms with Gasteiger partial charge in [-0.05, 0) is 137 Å². The van der Waals surface area contributed by atoms with Crippen molar-refractivity contribution in [2.75, 3.05) is 0 Å². The highest BCUT2D eigenvalue weighted by molar-refractivity contribution is 6.09. The van der Waals surface area contributed by atoms with Crippen molar-refractivity contribution < 1.29 is 9.59 Å². The second-order valence-corrected chi connectivity index (χ2v) is 15.1. The van der Waals surface area contributed by atoms with Crippen LogP contribution in [0.5, 0.6) is 0 Å². The molecule has 55 heavy (non-hydrogen) atoms. The first-order valence-corrected chi connectivity index (χ1v) is 19.2. The van der Waals surface area contributed by atoms with Gasteiger partial charge in [-0.1, -0.05) is 60.7 Å². The number of aromatic nitrogens is 2. The Labute approximate surface area is 325 Å². The Bertz CT molecular complexity index is 2160. The van der Waals surface area contributed by atoms with Crippen LogP contribution in [0, 0.1) is 27.7 Å². The third-order valence-electron chi connectivity index (χ3n) is 11.3. The number of carbonyl (C=O) groups excluding carboxylic acids is 2. The molecule has 6 rings (SSSR count). The van der Waals surface area contributed by atoms with Gasteiger partial charge in [0.05, 0.1) is 36.3 Å². The Morgan fingerprint density at radius 2 is 0.964 bits per heavy atom. The molecule has 0 bridgehead atoms. The summed E-state index contributed by atoms with van der Waals surface area (Å²) in [7, 11) is 0. The topological polar surface area (TPSA) is 114 Å². The number of rotatable bonds is 12. The number of H-pyrrole nitrogens is 2. The number of hydrogen-bond donors (Lipinski definition) is 4. The van der Waals surface area contributed by atoms with Crippen molar-refractivity contribution in [3.8, 4) is 0 Å². The first-order chi connectivity index (χ1) is 26.2. The van der Waals surface area contributed by atoms with E-state index in [0.717, 1.165) is 96.5 Å². The molecule has 2 atom stereocenters. The number of carbonyl (C=O) groups is 2. The van der Waals surface area contributed by atoms with E-state index in [0.29, 0.717) is 12.8 Å². The maximum absolute atomic E-state index is 13.1. The molecule has 0 saturated carbocycles. The summed E-state index contributed by atoms with van der Waals surface area (Å²) in [6.07, 6.45) is 5.58. The van der Waals surface area contributed by atoms with Crippen molar-refractivity contribution >= 4 is 35.4 Å². The van der Waals surface area contributed by atoms with E-state index in [1.807, 2.05) is 88.4 Å². The van der Waals surface area contributed by atoms with Crippen LogP contribution in [0.15, 0.2) is 104 Å². The lowest BCUT2D eigenvalue weighted by molar-refractivity contribution is -0.122. The van der Waals surface area contributed by atoms with E-state index in [9.17, 15) is 9.59 Å². The number of amides is 2. The molecule has 0 saturated heterocycles. The van der Waals surface area contributed by atoms with Crippen molar-refractivity contribution in [2.24, 2.45) is 9.98 Å². The van der Waals surface area contributed by atoms with Crippen LogP contribution in [-0.4, -0.2) is 33.2 Å². The van der Waals surface area contributed by atoms with Gasteiger partial charge in [-0.3, -0.25) is 19.6 Å². The second-order valence-electron chi connectivity index (χ2n) is 15.1. The summed E-state index contributed by atoms with van der Waals surface area (Å²) in [6, 6.07) is 19.9. The number of aryl methyl sites for hydroxylation is 2. The quantitative estimate of drug-likeness (QED) is 0.116. The summed E-state index contributed by atoms with van der Waals surface area (Å²) in [6.45, 7) is 20.7. The van der Waals surface area contributed by atoms with Gasteiger partial charge in [-0.2, -0.15) is 0 Å². The van der Waals surface area contributed by atoms with E-state index >= 15 is 0 Å². The molecule has 0 unspecified atom stereocenters. The van der Waals surface area contributed by atoms with Crippen molar-refractivity contribution in [3.05, 3.63) is 151 Å². The highest BCUT2D eigenvalue weighted by Crippen LogP contribution is 2.37. The first kappa shape index (κ1) is 38.9. The van der Waals surface area contributed by atoms with Gasteiger partial charge in [-0.15, -0.1) is 0 Å². The molecule has 4 aromatic rings. The summed E-state index contributed by atoms with van der Waals surface area (Å²) in [5.74, 6) is -0.00350. The third kappa shape index (κ3) is 8.49. The molecular formula is C47H54N6O2. The molecule has 8 heteroatoms. The van der Waals surface area contributed by atoms with Crippen LogP contribution in [0.4, 0.5) is 0 Å². The van der Waals surface area contributed by atoms with Gasteiger partial charge in [0.2, 0.25) is 11.8 Å². The Balaban J connectivity index is 1.16. The molecule has 2 aromatic heterocycles. The number of nitrogens with zero attached hydrogens (tertiary/aromatic N) is 2. The molecule has 2 aliphatic heterocycles. The van der Waals surface area contributed by atoms with Crippen LogP contribution in [0.2, 0.25) is 0 Å². The average Bonchev–Trinajstić information content (AvgIpc) is 3.78. The number of hydrogen-bond acceptors (Lipinski definition) is 4. The first-order valence-electron chi connectivity index (χ1n) is 19.2. The van der Waals surface area contributed by atoms with Crippen LogP contribution in [0.25, 0.3) is 12.2 Å². The number of allylic oxidation sites excluding steroid dienone is 4. The van der Waals surface area contributed by atoms with Crippen LogP contribution in [-0.2, 0) is 22.4 Å². The van der Waals surface area contributed by atoms with E-state index in [1.54, 1.807) is 0 Å². The summed E-state index contributed by atoms with van der Waals surface area (Å²) < 4.78 is 0. The lowest BCUT2D eigenvalue weighted by Crippen LogP contribution is -2.28. The normalized spacial score (nSPS) is 16.9. The molecule has 4 N–H and O–H groups in total. The average molecular weight is 735 g/mol. The van der Waals surface area contributed by atoms with Crippen LogP contribution in [0.3, 0.4) is 0 Å². The van der Waals surface area contributed by atoms with E-state index in [1.165, 1.54) is 11.1 Å². The number of nitrogens with one attached hydrogen (secondary N) is 4. The van der Waals surface area contributed by atoms with Gasteiger partial charge in [0, 0.05) is 40.6 Å². The van der Waals surface area contributed by atoms with Gasteiger partial charge in [0.1, 0.15) is 0 Å². The smallest absolute Gasteiger partial charge is 0.224 e. The Morgan fingerprint density at radius 1 is 0.600 bits per heavy atom. The minimum absolute atomic E-state index is 0.00175. The molecule has 2 aromatic carbocycles. The highest BCUT2D eigenvalue weighted by atomic mass is 16.2. The molecule has 0 fully saturated rings. The number of aliphatic imine (C=N–C) groups is 2. The van der Waals surface area contributed by atoms with Gasteiger partial charge < -0.3 is 20.6 Å². The summed E-state index contributed by atoms with van der Waals surface area (Å²) in [5.41, 5.74) is 18.8. The predicted octanol–water partition coefficient (Wildman–Crippen LogP) is 9.77. The highest BCUT2D eigenvalue weighted by Gasteiger charge is 2.26. The standard InChI is InChI=1S/C47H54N6O2/c1-26-38(32(7)48-42(26)24-44-28(3)40(34(9)50-44)22-46(54)52-30(5)36-17-13-11-14-18-36)21-39-27(2)43(49-33(39)8)25-45-29(4)41(35(10)51-45)23-47(55)53-31(6)37-19-15-12-16-20-37/h11-20,24-25,30-31,50-51H,21-23H2,1-10H3,(H,52,54)(H,53,55)/b42-24-,43-25-/t30-,31-/m1/s1. The largest absolute Gasteiger partial charge is 0.359 e. The second kappa shape index (κ2) is 16.3. The maximum Gasteiger partial charge on any atom is 0.224 e. The number of aromatic amines is 2. The molecule has 0 aliphatic carbocycles. The van der Waals surface area contributed by atoms with Crippen molar-refractivity contribution in [1.29, 1.82) is 0 Å². The monoisotopic (exact) mass is 734 g/mol. The molecule has 2 amide bonds. The lowest BCUT2D eigenvalue weighted by atomic mass is 9.93. The molecule has 8 nitrogen and oxygen atoms in total. The zero-order chi connectivity index (χ0) is 39.6. The fraction of sp³-hybridized carbons (Fsp3) is 0.319. The van der Waals surface area contributed by atoms with Crippen LogP contribution in [0.1, 0.15) is 116 Å². The summed E-state index contributed by atoms with van der Waals surface area (Å²) in [4.78, 5) is 43.2. The summed E-state index contributed by atoms with van der Waals surface area (Å²) >= 11 is 0. The van der Waals surface area contributed by atoms with Crippen LogP contribution >= 0.6 is 0 Å². The van der Waals surface area contributed by atoms with Crippen molar-refractivity contribution in [2.45, 2.75) is 101 Å². The van der Waals surface area contributed by atoms with Crippen molar-refractivity contribution in [3.63, 3.8) is 0 Å². The maximum atomic E-state index is 13.1. The zero-order valence-corrected chi connectivity index (χ0v) is 33.9. The Morgan fingerprint density at radius 3 is 1.33 bits per heavy atom. The number of benzene rings is 2. The molecule has 0 spiro atoms. The minimum Gasteiger partial charge on any atom is -0.359 e. The minimum atomic E-state index is -0.0651. The van der Waals surface area contributed by atoms with Crippen LogP contribution < -0.4 is 10.6 Å². The summed E-state index contributed by atoms with van der Waals surface area (Å²) in [5, 5.41) is 6.30. The third-order valence-corrected chi connectivity index (χ3v) is 11.3. The van der Waals surface area contributed by atoms with Gasteiger partial charge in [0.25, 0.3) is 0 Å².